The number of hydrogen-bond donors (Lipinski definition) is 1. The fourth-order valence-corrected chi connectivity index (χ4v) is 6.96. The molecular formula is C28H27N3O3S2. The third-order valence-corrected chi connectivity index (χ3v) is 8.90. The highest BCUT2D eigenvalue weighted by atomic mass is 32.2. The molecule has 1 saturated heterocycles. The van der Waals surface area contributed by atoms with E-state index in [0.29, 0.717) is 18.1 Å². The largest absolute Gasteiger partial charge is 0.334 e. The lowest BCUT2D eigenvalue weighted by atomic mass is 10.1. The predicted molar refractivity (Wildman–Crippen MR) is 144 cm³/mol. The van der Waals surface area contributed by atoms with Gasteiger partial charge in [0.1, 0.15) is 0 Å². The van der Waals surface area contributed by atoms with Gasteiger partial charge >= 0.3 is 0 Å². The smallest absolute Gasteiger partial charge is 0.233 e. The zero-order chi connectivity index (χ0) is 25.0. The maximum atomic E-state index is 13.4. The van der Waals surface area contributed by atoms with E-state index in [1.807, 2.05) is 91.0 Å². The third-order valence-electron chi connectivity index (χ3n) is 6.29. The number of hydrogen-bond acceptors (Lipinski definition) is 5. The Balaban J connectivity index is 1.38. The molecule has 0 aliphatic carbocycles. The Morgan fingerprint density at radius 3 is 2.14 bits per heavy atom. The molecule has 1 aliphatic rings. The molecule has 1 fully saturated rings. The van der Waals surface area contributed by atoms with E-state index < -0.39 is 9.84 Å². The number of H-pyrrole nitrogens is 1. The van der Waals surface area contributed by atoms with E-state index >= 15 is 0 Å². The van der Waals surface area contributed by atoms with Gasteiger partial charge in [-0.15, -0.1) is 0 Å². The average molecular weight is 518 g/mol. The quantitative estimate of drug-likeness (QED) is 0.331. The van der Waals surface area contributed by atoms with E-state index in [9.17, 15) is 13.2 Å². The van der Waals surface area contributed by atoms with Crippen LogP contribution >= 0.6 is 11.8 Å². The molecule has 36 heavy (non-hydrogen) atoms. The number of carbonyl (C=O) groups excluding carboxylic acids is 1. The van der Waals surface area contributed by atoms with Gasteiger partial charge in [-0.2, -0.15) is 0 Å². The van der Waals surface area contributed by atoms with Gasteiger partial charge < -0.3 is 9.88 Å². The second-order valence-electron chi connectivity index (χ2n) is 8.85. The minimum absolute atomic E-state index is 0.0211. The van der Waals surface area contributed by atoms with E-state index in [1.54, 1.807) is 4.90 Å². The van der Waals surface area contributed by atoms with E-state index in [4.69, 9.17) is 4.98 Å². The summed E-state index contributed by atoms with van der Waals surface area (Å²) >= 11 is 1.34. The number of imidazole rings is 1. The van der Waals surface area contributed by atoms with Crippen molar-refractivity contribution < 1.29 is 13.2 Å². The predicted octanol–water partition coefficient (Wildman–Crippen LogP) is 5.05. The molecule has 8 heteroatoms. The summed E-state index contributed by atoms with van der Waals surface area (Å²) in [6.45, 7) is 0.392. The van der Waals surface area contributed by atoms with Crippen molar-refractivity contribution in [3.8, 4) is 22.5 Å². The fraction of sp³-hybridized carbons (Fsp3) is 0.214. The van der Waals surface area contributed by atoms with Crippen LogP contribution in [-0.4, -0.2) is 52.5 Å². The monoisotopic (exact) mass is 517 g/mol. The first kappa shape index (κ1) is 24.3. The number of nitrogens with zero attached hydrogens (tertiary/aromatic N) is 2. The maximum Gasteiger partial charge on any atom is 0.233 e. The van der Waals surface area contributed by atoms with Crippen molar-refractivity contribution in [1.29, 1.82) is 0 Å². The molecule has 4 aromatic rings. The summed E-state index contributed by atoms with van der Waals surface area (Å²) in [4.78, 5) is 23.4. The van der Waals surface area contributed by atoms with Crippen molar-refractivity contribution in [2.45, 2.75) is 24.2 Å². The number of aromatic amines is 1. The molecule has 0 saturated carbocycles. The van der Waals surface area contributed by atoms with Gasteiger partial charge in [-0.3, -0.25) is 4.79 Å². The molecule has 1 atom stereocenters. The molecule has 6 nitrogen and oxygen atoms in total. The van der Waals surface area contributed by atoms with Gasteiger partial charge in [0.2, 0.25) is 5.91 Å². The van der Waals surface area contributed by atoms with Crippen molar-refractivity contribution >= 4 is 27.5 Å². The first-order chi connectivity index (χ1) is 17.5. The Morgan fingerprint density at radius 2 is 1.53 bits per heavy atom. The molecule has 1 aliphatic heterocycles. The Hall–Kier alpha value is -3.36. The first-order valence-electron chi connectivity index (χ1n) is 11.9. The lowest BCUT2D eigenvalue weighted by Gasteiger charge is -2.28. The van der Waals surface area contributed by atoms with Gasteiger partial charge in [0.15, 0.2) is 15.0 Å². The number of sulfone groups is 1. The van der Waals surface area contributed by atoms with Gasteiger partial charge in [0, 0.05) is 23.7 Å². The molecule has 0 spiro atoms. The topological polar surface area (TPSA) is 83.1 Å². The number of aromatic nitrogens is 2. The van der Waals surface area contributed by atoms with Crippen LogP contribution in [0.3, 0.4) is 0 Å². The lowest BCUT2D eigenvalue weighted by Crippen LogP contribution is -2.41. The summed E-state index contributed by atoms with van der Waals surface area (Å²) in [5, 5.41) is 0.653. The molecule has 1 N–H and O–H groups in total. The van der Waals surface area contributed by atoms with Gasteiger partial charge in [-0.25, -0.2) is 13.4 Å². The Kier molecular flexibility index (Phi) is 7.25. The molecule has 3 aromatic carbocycles. The zero-order valence-electron chi connectivity index (χ0n) is 19.7. The summed E-state index contributed by atoms with van der Waals surface area (Å²) in [5.74, 6) is 0.222. The number of thioether (sulfide) groups is 1. The van der Waals surface area contributed by atoms with Crippen LogP contribution in [0.25, 0.3) is 22.5 Å². The Labute approximate surface area is 215 Å². The normalized spacial score (nSPS) is 16.6. The molecule has 0 bridgehead atoms. The molecule has 1 aromatic heterocycles. The molecule has 1 unspecified atom stereocenters. The molecule has 0 radical (unpaired) electrons. The number of benzene rings is 3. The van der Waals surface area contributed by atoms with Crippen LogP contribution in [0, 0.1) is 0 Å². The van der Waals surface area contributed by atoms with Crippen molar-refractivity contribution in [2.24, 2.45) is 0 Å². The van der Waals surface area contributed by atoms with Crippen LogP contribution in [0.4, 0.5) is 0 Å². The summed E-state index contributed by atoms with van der Waals surface area (Å²) in [6.07, 6.45) is 0.475. The number of amides is 1. The van der Waals surface area contributed by atoms with Crippen LogP contribution in [0.1, 0.15) is 12.0 Å². The summed E-state index contributed by atoms with van der Waals surface area (Å²) in [6, 6.07) is 29.4. The van der Waals surface area contributed by atoms with Crippen LogP contribution < -0.4 is 0 Å². The summed E-state index contributed by atoms with van der Waals surface area (Å²) in [5.41, 5.74) is 4.73. The molecule has 5 rings (SSSR count). The highest BCUT2D eigenvalue weighted by molar-refractivity contribution is 7.99. The summed E-state index contributed by atoms with van der Waals surface area (Å²) < 4.78 is 24.3. The van der Waals surface area contributed by atoms with Crippen molar-refractivity contribution in [3.63, 3.8) is 0 Å². The van der Waals surface area contributed by atoms with Crippen molar-refractivity contribution in [3.05, 3.63) is 96.6 Å². The molecule has 2 heterocycles. The SMILES string of the molecule is O=C(CSc1nc(-c2ccccc2)c(-c2ccccc2)[nH]1)N(Cc1ccccc1)C1CCS(=O)(=O)C1. The number of rotatable bonds is 8. The van der Waals surface area contributed by atoms with Crippen molar-refractivity contribution in [1.82, 2.24) is 14.9 Å². The number of carbonyl (C=O) groups is 1. The van der Waals surface area contributed by atoms with E-state index in [0.717, 1.165) is 28.1 Å². The van der Waals surface area contributed by atoms with Crippen molar-refractivity contribution in [2.75, 3.05) is 17.3 Å². The van der Waals surface area contributed by atoms with E-state index in [1.165, 1.54) is 11.8 Å². The third kappa shape index (κ3) is 5.71. The summed E-state index contributed by atoms with van der Waals surface area (Å²) in [7, 11) is -3.12. The molecular weight excluding hydrogens is 490 g/mol. The molecule has 1 amide bonds. The minimum Gasteiger partial charge on any atom is -0.334 e. The highest BCUT2D eigenvalue weighted by Gasteiger charge is 2.34. The number of nitrogens with one attached hydrogen (secondary N) is 1. The van der Waals surface area contributed by atoms with Crippen LogP contribution in [0.15, 0.2) is 96.2 Å². The second-order valence-corrected chi connectivity index (χ2v) is 12.0. The fourth-order valence-electron chi connectivity index (χ4n) is 4.47. The Bertz CT molecular complexity index is 1370. The van der Waals surface area contributed by atoms with Crippen LogP contribution in [-0.2, 0) is 21.2 Å². The van der Waals surface area contributed by atoms with Gasteiger partial charge in [-0.1, -0.05) is 103 Å². The second kappa shape index (κ2) is 10.7. The highest BCUT2D eigenvalue weighted by Crippen LogP contribution is 2.33. The van der Waals surface area contributed by atoms with Crippen LogP contribution in [0.2, 0.25) is 0 Å². The Morgan fingerprint density at radius 1 is 0.917 bits per heavy atom. The average Bonchev–Trinajstić information content (AvgIpc) is 3.50. The van der Waals surface area contributed by atoms with Crippen LogP contribution in [0.5, 0.6) is 0 Å². The molecule has 184 valence electrons. The van der Waals surface area contributed by atoms with Gasteiger partial charge in [0.05, 0.1) is 28.6 Å². The van der Waals surface area contributed by atoms with Gasteiger partial charge in [0.25, 0.3) is 0 Å². The zero-order valence-corrected chi connectivity index (χ0v) is 21.3. The lowest BCUT2D eigenvalue weighted by molar-refractivity contribution is -0.130. The first-order valence-corrected chi connectivity index (χ1v) is 14.7. The standard InChI is InChI=1S/C28H27N3O3S2/c32-25(31(18-21-10-4-1-5-11-21)24-16-17-36(33,34)20-24)19-35-28-29-26(22-12-6-2-7-13-22)27(30-28)23-14-8-3-9-15-23/h1-15,24H,16-20H2,(H,29,30). The maximum absolute atomic E-state index is 13.4. The van der Waals surface area contributed by atoms with E-state index in [-0.39, 0.29) is 29.2 Å². The van der Waals surface area contributed by atoms with Gasteiger partial charge in [-0.05, 0) is 12.0 Å². The minimum atomic E-state index is -3.12. The van der Waals surface area contributed by atoms with E-state index in [2.05, 4.69) is 4.98 Å².